The molecule has 0 spiro atoms. The number of benzene rings is 1. The molecule has 2 N–H and O–H groups in total. The maximum absolute atomic E-state index is 11.2. The molecular weight excluding hydrogens is 364 g/mol. The summed E-state index contributed by atoms with van der Waals surface area (Å²) in [7, 11) is 4.21. The first-order chi connectivity index (χ1) is 13.8. The number of fused-ring (bicyclic) bond motifs is 1. The van der Waals surface area contributed by atoms with E-state index in [1.807, 2.05) is 12.1 Å². The molecule has 1 aromatic heterocycles. The third-order valence-corrected chi connectivity index (χ3v) is 4.66. The minimum Gasteiger partial charge on any atom is -0.327 e. The van der Waals surface area contributed by atoms with Crippen molar-refractivity contribution in [3.8, 4) is 0 Å². The average molecular weight is 399 g/mol. The Balaban J connectivity index is 2.39. The van der Waals surface area contributed by atoms with Gasteiger partial charge in [0.2, 0.25) is 0 Å². The molecule has 0 aliphatic carbocycles. The van der Waals surface area contributed by atoms with Crippen LogP contribution < -0.4 is 5.48 Å². The molecule has 1 aromatic carbocycles. The van der Waals surface area contributed by atoms with Crippen LogP contribution in [0.2, 0.25) is 0 Å². The van der Waals surface area contributed by atoms with Crippen molar-refractivity contribution >= 4 is 23.0 Å². The fourth-order valence-corrected chi connectivity index (χ4v) is 3.71. The number of rotatable bonds is 10. The number of hydrogen-bond acceptors (Lipinski definition) is 4. The normalized spacial score (nSPS) is 12.7. The summed E-state index contributed by atoms with van der Waals surface area (Å²) >= 11 is 0. The predicted octanol–water partition coefficient (Wildman–Crippen LogP) is 4.04. The molecule has 0 saturated heterocycles. The number of nitrogens with one attached hydrogen (secondary N) is 1. The van der Waals surface area contributed by atoms with E-state index in [0.717, 1.165) is 54.8 Å². The lowest BCUT2D eigenvalue weighted by molar-refractivity contribution is -0.124. The van der Waals surface area contributed by atoms with Gasteiger partial charge in [0.25, 0.3) is 5.91 Å². The number of allylic oxidation sites excluding steroid dienone is 2. The van der Waals surface area contributed by atoms with Crippen LogP contribution in [0.4, 0.5) is 0 Å². The van der Waals surface area contributed by atoms with Crippen LogP contribution in [0.3, 0.4) is 0 Å². The fraction of sp³-hybridized carbons (Fsp3) is 0.478. The molecule has 0 saturated carbocycles. The van der Waals surface area contributed by atoms with E-state index in [4.69, 9.17) is 10.2 Å². The number of amides is 1. The molecule has 1 heterocycles. The SMILES string of the molecule is CC/C=C\CCc1nc2cc(/C=C/C(=O)NO)ccc2n1CC(C)(C)CN(C)C. The van der Waals surface area contributed by atoms with E-state index in [2.05, 4.69) is 62.6 Å². The molecule has 6 heteroatoms. The topological polar surface area (TPSA) is 70.4 Å². The first-order valence-corrected chi connectivity index (χ1v) is 10.2. The summed E-state index contributed by atoms with van der Waals surface area (Å²) < 4.78 is 2.34. The maximum atomic E-state index is 11.2. The van der Waals surface area contributed by atoms with Crippen molar-refractivity contribution in [1.29, 1.82) is 0 Å². The second-order valence-corrected chi connectivity index (χ2v) is 8.49. The van der Waals surface area contributed by atoms with Crippen molar-refractivity contribution in [3.05, 3.63) is 47.8 Å². The second-order valence-electron chi connectivity index (χ2n) is 8.49. The van der Waals surface area contributed by atoms with E-state index in [-0.39, 0.29) is 5.41 Å². The van der Waals surface area contributed by atoms with Crippen molar-refractivity contribution in [1.82, 2.24) is 19.9 Å². The van der Waals surface area contributed by atoms with Crippen LogP contribution in [-0.4, -0.2) is 46.2 Å². The molecule has 0 atom stereocenters. The summed E-state index contributed by atoms with van der Waals surface area (Å²) in [5.41, 5.74) is 4.60. The number of carbonyl (C=O) groups is 1. The third kappa shape index (κ3) is 6.84. The number of imidazole rings is 1. The van der Waals surface area contributed by atoms with Crippen LogP contribution >= 0.6 is 0 Å². The molecule has 6 nitrogen and oxygen atoms in total. The van der Waals surface area contributed by atoms with Crippen LogP contribution in [0.25, 0.3) is 17.1 Å². The summed E-state index contributed by atoms with van der Waals surface area (Å²) in [6.07, 6.45) is 10.3. The zero-order valence-electron chi connectivity index (χ0n) is 18.3. The van der Waals surface area contributed by atoms with Crippen molar-refractivity contribution in [3.63, 3.8) is 0 Å². The van der Waals surface area contributed by atoms with Crippen LogP contribution in [0, 0.1) is 5.41 Å². The molecule has 158 valence electrons. The Morgan fingerprint density at radius 1 is 1.31 bits per heavy atom. The lowest BCUT2D eigenvalue weighted by Crippen LogP contribution is -2.32. The summed E-state index contributed by atoms with van der Waals surface area (Å²) in [5.74, 6) is 0.534. The smallest absolute Gasteiger partial charge is 0.267 e. The monoisotopic (exact) mass is 398 g/mol. The zero-order valence-corrected chi connectivity index (χ0v) is 18.3. The van der Waals surface area contributed by atoms with E-state index in [1.165, 1.54) is 6.08 Å². The first kappa shape index (κ1) is 22.8. The Labute approximate surface area is 173 Å². The Morgan fingerprint density at radius 3 is 2.72 bits per heavy atom. The Hall–Kier alpha value is -2.44. The van der Waals surface area contributed by atoms with Gasteiger partial charge in [-0.3, -0.25) is 10.0 Å². The molecular formula is C23H34N4O2. The lowest BCUT2D eigenvalue weighted by atomic mass is 9.92. The van der Waals surface area contributed by atoms with Gasteiger partial charge in [0.15, 0.2) is 0 Å². The second kappa shape index (κ2) is 10.4. The van der Waals surface area contributed by atoms with Crippen LogP contribution in [0.1, 0.15) is 45.0 Å². The molecule has 0 bridgehead atoms. The van der Waals surface area contributed by atoms with Gasteiger partial charge in [-0.05, 0) is 56.1 Å². The molecule has 0 radical (unpaired) electrons. The number of aromatic nitrogens is 2. The van der Waals surface area contributed by atoms with Gasteiger partial charge in [-0.25, -0.2) is 10.5 Å². The fourth-order valence-electron chi connectivity index (χ4n) is 3.71. The minimum atomic E-state index is -0.551. The van der Waals surface area contributed by atoms with Crippen molar-refractivity contribution in [2.24, 2.45) is 5.41 Å². The van der Waals surface area contributed by atoms with E-state index < -0.39 is 5.91 Å². The van der Waals surface area contributed by atoms with Gasteiger partial charge in [0, 0.05) is 25.6 Å². The van der Waals surface area contributed by atoms with Gasteiger partial charge < -0.3 is 9.47 Å². The van der Waals surface area contributed by atoms with E-state index in [9.17, 15) is 4.79 Å². The number of carbonyl (C=O) groups excluding carboxylic acids is 1. The summed E-state index contributed by atoms with van der Waals surface area (Å²) in [6, 6.07) is 6.02. The molecule has 29 heavy (non-hydrogen) atoms. The summed E-state index contributed by atoms with van der Waals surface area (Å²) in [6.45, 7) is 8.57. The molecule has 2 aromatic rings. The van der Waals surface area contributed by atoms with E-state index in [0.29, 0.717) is 0 Å². The number of nitrogens with zero attached hydrogens (tertiary/aromatic N) is 3. The molecule has 2 rings (SSSR count). The Bertz CT molecular complexity index is 878. The van der Waals surface area contributed by atoms with Gasteiger partial charge in [0.05, 0.1) is 11.0 Å². The van der Waals surface area contributed by atoms with Crippen LogP contribution in [0.15, 0.2) is 36.4 Å². The Morgan fingerprint density at radius 2 is 2.07 bits per heavy atom. The summed E-state index contributed by atoms with van der Waals surface area (Å²) in [4.78, 5) is 18.4. The highest BCUT2D eigenvalue weighted by Gasteiger charge is 2.22. The summed E-state index contributed by atoms with van der Waals surface area (Å²) in [5, 5.41) is 8.64. The lowest BCUT2D eigenvalue weighted by Gasteiger charge is -2.29. The highest BCUT2D eigenvalue weighted by molar-refractivity contribution is 5.91. The van der Waals surface area contributed by atoms with Crippen molar-refractivity contribution < 1.29 is 10.0 Å². The number of hydrogen-bond donors (Lipinski definition) is 2. The highest BCUT2D eigenvalue weighted by Crippen LogP contribution is 2.26. The van der Waals surface area contributed by atoms with Gasteiger partial charge >= 0.3 is 0 Å². The standard InChI is InChI=1S/C23H34N4O2/c1-6-7-8-9-10-21-24-19-15-18(12-14-22(28)25-29)11-13-20(19)27(21)17-23(2,3)16-26(4)5/h7-8,11-15,29H,6,9-10,16-17H2,1-5H3,(H,25,28)/b8-7-,14-12+. The first-order valence-electron chi connectivity index (χ1n) is 10.2. The predicted molar refractivity (Wildman–Crippen MR) is 119 cm³/mol. The van der Waals surface area contributed by atoms with Crippen LogP contribution in [-0.2, 0) is 17.8 Å². The van der Waals surface area contributed by atoms with E-state index >= 15 is 0 Å². The van der Waals surface area contributed by atoms with E-state index in [1.54, 1.807) is 11.6 Å². The third-order valence-electron chi connectivity index (χ3n) is 4.66. The molecule has 1 amide bonds. The van der Waals surface area contributed by atoms with Crippen molar-refractivity contribution in [2.45, 2.75) is 46.6 Å². The van der Waals surface area contributed by atoms with Crippen LogP contribution in [0.5, 0.6) is 0 Å². The molecule has 0 aliphatic heterocycles. The van der Waals surface area contributed by atoms with Crippen molar-refractivity contribution in [2.75, 3.05) is 20.6 Å². The highest BCUT2D eigenvalue weighted by atomic mass is 16.5. The van der Waals surface area contributed by atoms with Gasteiger partial charge in [-0.2, -0.15) is 0 Å². The quantitative estimate of drug-likeness (QED) is 0.274. The molecule has 0 fully saturated rings. The number of hydroxylamine groups is 1. The van der Waals surface area contributed by atoms with Gasteiger partial charge in [-0.15, -0.1) is 0 Å². The zero-order chi connectivity index (χ0) is 21.4. The maximum Gasteiger partial charge on any atom is 0.267 e. The van der Waals surface area contributed by atoms with Gasteiger partial charge in [0.1, 0.15) is 5.82 Å². The molecule has 0 unspecified atom stereocenters. The number of aryl methyl sites for hydroxylation is 1. The van der Waals surface area contributed by atoms with Gasteiger partial charge in [-0.1, -0.05) is 39.0 Å². The Kier molecular flexibility index (Phi) is 8.17. The average Bonchev–Trinajstić information content (AvgIpc) is 2.98. The minimum absolute atomic E-state index is 0.100. The molecule has 0 aliphatic rings. The largest absolute Gasteiger partial charge is 0.327 e.